The molecule has 0 saturated carbocycles. The fourth-order valence-electron chi connectivity index (χ4n) is 0.565. The highest BCUT2D eigenvalue weighted by molar-refractivity contribution is 5.75. The number of aromatic nitrogens is 1. The molecule has 0 aliphatic carbocycles. The van der Waals surface area contributed by atoms with Gasteiger partial charge in [0.15, 0.2) is 0 Å². The molecule has 0 fully saturated rings. The summed E-state index contributed by atoms with van der Waals surface area (Å²) in [5.74, 6) is 0. The topological polar surface area (TPSA) is 12.9 Å². The van der Waals surface area contributed by atoms with Gasteiger partial charge in [0.2, 0.25) is 0 Å². The van der Waals surface area contributed by atoms with Gasteiger partial charge in [-0.15, -0.1) is 0 Å². The maximum absolute atomic E-state index is 4.08. The van der Waals surface area contributed by atoms with Gasteiger partial charge < -0.3 is 0 Å². The molecule has 1 aromatic heterocycles. The highest BCUT2D eigenvalue weighted by atomic mass is 14.6. The third kappa shape index (κ3) is 1.88. The van der Waals surface area contributed by atoms with Gasteiger partial charge in [-0.05, 0) is 25.5 Å². The highest BCUT2D eigenvalue weighted by Gasteiger charge is 1.85. The second-order valence-corrected chi connectivity index (χ2v) is 1.91. The Bertz CT molecular complexity index is 165. The molecule has 9 heavy (non-hydrogen) atoms. The van der Waals surface area contributed by atoms with Gasteiger partial charge in [0.05, 0.1) is 8.41 Å². The Morgan fingerprint density at radius 3 is 2.33 bits per heavy atom. The molecule has 0 bridgehead atoms. The summed E-state index contributed by atoms with van der Waals surface area (Å²) < 4.78 is 0. The summed E-state index contributed by atoms with van der Waals surface area (Å²) >= 11 is 0. The number of hydrogen-bond acceptors (Lipinski definition) is 1. The van der Waals surface area contributed by atoms with E-state index < -0.39 is 0 Å². The van der Waals surface area contributed by atoms with Crippen LogP contribution < -0.4 is 0 Å². The smallest absolute Gasteiger partial charge is 0.0814 e. The number of aryl methyl sites for hydroxylation is 2. The van der Waals surface area contributed by atoms with Crippen molar-refractivity contribution >= 4 is 8.41 Å². The minimum atomic E-state index is 0. The fraction of sp³-hybridized carbons (Fsp3) is 0.286. The molecule has 0 spiro atoms. The average molecular weight is 121 g/mol. The Morgan fingerprint density at radius 2 is 2.00 bits per heavy atom. The molecule has 0 atom stereocenters. The van der Waals surface area contributed by atoms with Crippen molar-refractivity contribution in [3.05, 3.63) is 29.6 Å². The van der Waals surface area contributed by atoms with Crippen LogP contribution in [-0.2, 0) is 0 Å². The second kappa shape index (κ2) is 3.28. The zero-order valence-electron chi connectivity index (χ0n) is 5.18. The summed E-state index contributed by atoms with van der Waals surface area (Å²) in [6, 6.07) is 4.00. The van der Waals surface area contributed by atoms with E-state index in [0.717, 1.165) is 5.69 Å². The summed E-state index contributed by atoms with van der Waals surface area (Å²) in [5.41, 5.74) is 2.38. The Morgan fingerprint density at radius 1 is 1.33 bits per heavy atom. The lowest BCUT2D eigenvalue weighted by molar-refractivity contribution is 1.15. The first-order chi connectivity index (χ1) is 3.80. The van der Waals surface area contributed by atoms with Crippen molar-refractivity contribution in [1.29, 1.82) is 0 Å². The molecule has 0 aliphatic heterocycles. The van der Waals surface area contributed by atoms with Gasteiger partial charge in [-0.25, -0.2) is 0 Å². The lowest BCUT2D eigenvalue weighted by atomic mass is 10.2. The summed E-state index contributed by atoms with van der Waals surface area (Å²) in [7, 11) is 0. The molecule has 1 nitrogen and oxygen atoms in total. The molecule has 0 amide bonds. The van der Waals surface area contributed by atoms with Crippen LogP contribution in [0.3, 0.4) is 0 Å². The van der Waals surface area contributed by atoms with E-state index >= 15 is 0 Å². The molecule has 0 unspecified atom stereocenters. The van der Waals surface area contributed by atoms with Crippen molar-refractivity contribution in [2.75, 3.05) is 0 Å². The first kappa shape index (κ1) is 8.21. The number of pyridine rings is 1. The van der Waals surface area contributed by atoms with Crippen LogP contribution in [0.4, 0.5) is 0 Å². The third-order valence-electron chi connectivity index (χ3n) is 1.27. The highest BCUT2D eigenvalue weighted by Crippen LogP contribution is 1.98. The van der Waals surface area contributed by atoms with Gasteiger partial charge >= 0.3 is 0 Å². The zero-order chi connectivity index (χ0) is 5.98. The average Bonchev–Trinajstić information content (AvgIpc) is 1.77. The van der Waals surface area contributed by atoms with Gasteiger partial charge in [-0.3, -0.25) is 4.98 Å². The number of hydrogen-bond donors (Lipinski definition) is 0. The van der Waals surface area contributed by atoms with Gasteiger partial charge in [0, 0.05) is 11.9 Å². The van der Waals surface area contributed by atoms with Gasteiger partial charge in [-0.2, -0.15) is 0 Å². The predicted octanol–water partition coefficient (Wildman–Crippen LogP) is 0.515. The van der Waals surface area contributed by atoms with E-state index in [4.69, 9.17) is 0 Å². The van der Waals surface area contributed by atoms with E-state index in [9.17, 15) is 0 Å². The standard InChI is InChI=1S/C7H9N.BH3/c1-6-4-3-5-8-7(6)2;/h3-5H,1-2H3;1H3. The van der Waals surface area contributed by atoms with Crippen molar-refractivity contribution < 1.29 is 0 Å². The van der Waals surface area contributed by atoms with Crippen molar-refractivity contribution in [2.45, 2.75) is 13.8 Å². The Labute approximate surface area is 57.7 Å². The van der Waals surface area contributed by atoms with Crippen molar-refractivity contribution in [2.24, 2.45) is 0 Å². The molecule has 2 heteroatoms. The van der Waals surface area contributed by atoms with E-state index in [2.05, 4.69) is 18.0 Å². The molecule has 1 aromatic rings. The van der Waals surface area contributed by atoms with E-state index in [1.165, 1.54) is 5.56 Å². The van der Waals surface area contributed by atoms with Crippen LogP contribution in [0, 0.1) is 13.8 Å². The molecule has 1 heterocycles. The maximum Gasteiger partial charge on any atom is 0.0814 e. The molecule has 48 valence electrons. The zero-order valence-corrected chi connectivity index (χ0v) is 5.18. The van der Waals surface area contributed by atoms with Crippen LogP contribution in [0.15, 0.2) is 18.3 Å². The normalized spacial score (nSPS) is 8.22. The van der Waals surface area contributed by atoms with E-state index in [1.54, 1.807) is 0 Å². The fourth-order valence-corrected chi connectivity index (χ4v) is 0.565. The SMILES string of the molecule is B.Cc1cccnc1C. The molecule has 0 aromatic carbocycles. The van der Waals surface area contributed by atoms with Gasteiger partial charge in [0.25, 0.3) is 0 Å². The van der Waals surface area contributed by atoms with Crippen molar-refractivity contribution in [3.8, 4) is 0 Å². The lowest BCUT2D eigenvalue weighted by Gasteiger charge is -1.92. The van der Waals surface area contributed by atoms with Crippen LogP contribution in [0.25, 0.3) is 0 Å². The number of nitrogens with zero attached hydrogens (tertiary/aromatic N) is 1. The minimum absolute atomic E-state index is 0. The summed E-state index contributed by atoms with van der Waals surface area (Å²) in [4.78, 5) is 4.08. The Hall–Kier alpha value is -0.785. The molecule has 1 rings (SSSR count). The lowest BCUT2D eigenvalue weighted by Crippen LogP contribution is -1.81. The van der Waals surface area contributed by atoms with Crippen molar-refractivity contribution in [1.82, 2.24) is 4.98 Å². The molecule has 0 aliphatic rings. The summed E-state index contributed by atoms with van der Waals surface area (Å²) in [6.07, 6.45) is 1.81. The van der Waals surface area contributed by atoms with Crippen LogP contribution >= 0.6 is 0 Å². The third-order valence-corrected chi connectivity index (χ3v) is 1.27. The van der Waals surface area contributed by atoms with Crippen LogP contribution in [0.2, 0.25) is 0 Å². The molecule has 0 radical (unpaired) electrons. The molecule has 0 N–H and O–H groups in total. The maximum atomic E-state index is 4.08. The Kier molecular flexibility index (Phi) is 3.00. The first-order valence-corrected chi connectivity index (χ1v) is 2.69. The van der Waals surface area contributed by atoms with Crippen molar-refractivity contribution in [3.63, 3.8) is 0 Å². The summed E-state index contributed by atoms with van der Waals surface area (Å²) in [6.45, 7) is 4.07. The molecular formula is C7H12BN. The first-order valence-electron chi connectivity index (χ1n) is 2.69. The quantitative estimate of drug-likeness (QED) is 0.456. The minimum Gasteiger partial charge on any atom is -0.261 e. The molecule has 0 saturated heterocycles. The van der Waals surface area contributed by atoms with Crippen LogP contribution in [-0.4, -0.2) is 13.4 Å². The van der Waals surface area contributed by atoms with Crippen LogP contribution in [0.5, 0.6) is 0 Å². The largest absolute Gasteiger partial charge is 0.261 e. The van der Waals surface area contributed by atoms with E-state index in [0.29, 0.717) is 0 Å². The van der Waals surface area contributed by atoms with Crippen LogP contribution in [0.1, 0.15) is 11.3 Å². The number of rotatable bonds is 0. The summed E-state index contributed by atoms with van der Waals surface area (Å²) in [5, 5.41) is 0. The van der Waals surface area contributed by atoms with E-state index in [1.807, 2.05) is 19.2 Å². The molecular weight excluding hydrogens is 109 g/mol. The Balaban J connectivity index is 0.000000640. The van der Waals surface area contributed by atoms with E-state index in [-0.39, 0.29) is 8.41 Å². The van der Waals surface area contributed by atoms with Gasteiger partial charge in [-0.1, -0.05) is 6.07 Å². The van der Waals surface area contributed by atoms with Gasteiger partial charge in [0.1, 0.15) is 0 Å². The predicted molar refractivity (Wildman–Crippen MR) is 43.7 cm³/mol. The second-order valence-electron chi connectivity index (χ2n) is 1.91. The monoisotopic (exact) mass is 121 g/mol.